The van der Waals surface area contributed by atoms with E-state index in [1.54, 1.807) is 0 Å². The molecule has 1 saturated heterocycles. The van der Waals surface area contributed by atoms with Crippen LogP contribution in [0.1, 0.15) is 78.4 Å². The molecule has 0 amide bonds. The maximum absolute atomic E-state index is 11.5. The number of hydrogen-bond acceptors (Lipinski definition) is 7. The van der Waals surface area contributed by atoms with E-state index >= 15 is 0 Å². The number of aliphatic carboxylic acids is 1. The third-order valence-corrected chi connectivity index (χ3v) is 9.80. The molecule has 5 aliphatic rings. The Labute approximate surface area is 202 Å². The predicted molar refractivity (Wildman–Crippen MR) is 117 cm³/mol. The third-order valence-electron chi connectivity index (χ3n) is 9.80. The summed E-state index contributed by atoms with van der Waals surface area (Å²) in [5, 5.41) is 50.7. The fourth-order valence-electron chi connectivity index (χ4n) is 7.74. The molecular weight excluding hydrogens is 428 g/mol. The largest absolute Gasteiger partial charge is 0.479 e. The van der Waals surface area contributed by atoms with E-state index in [9.17, 15) is 30.3 Å². The Morgan fingerprint density at radius 3 is 2.42 bits per heavy atom. The minimum atomic E-state index is -2.90. The van der Waals surface area contributed by atoms with Crippen molar-refractivity contribution in [1.29, 1.82) is 0 Å². The number of fused-ring (bicyclic) bond motifs is 5. The van der Waals surface area contributed by atoms with Crippen molar-refractivity contribution in [3.05, 3.63) is 0 Å². The molecule has 4 saturated carbocycles. The highest BCUT2D eigenvalue weighted by Crippen LogP contribution is 2.66. The van der Waals surface area contributed by atoms with Crippen LogP contribution in [0.3, 0.4) is 0 Å². The zero-order chi connectivity index (χ0) is 28.2. The van der Waals surface area contributed by atoms with E-state index < -0.39 is 66.8 Å². The zero-order valence-electron chi connectivity index (χ0n) is 24.2. The first kappa shape index (κ1) is 18.5. The minimum absolute atomic E-state index is 0.00389. The lowest BCUT2D eigenvalue weighted by atomic mass is 9.45. The number of rotatable bonds is 3. The molecule has 13 atom stereocenters. The lowest BCUT2D eigenvalue weighted by molar-refractivity contribution is -0.309. The molecular formula is C25H40O8. The number of ether oxygens (including phenoxy) is 2. The van der Waals surface area contributed by atoms with Crippen LogP contribution in [-0.2, 0) is 14.3 Å². The van der Waals surface area contributed by atoms with Gasteiger partial charge >= 0.3 is 5.97 Å². The topological polar surface area (TPSA) is 137 Å². The van der Waals surface area contributed by atoms with Crippen molar-refractivity contribution in [2.45, 2.75) is 114 Å². The van der Waals surface area contributed by atoms with Crippen molar-refractivity contribution < 1.29 is 46.7 Å². The van der Waals surface area contributed by atoms with E-state index in [1.807, 2.05) is 6.92 Å². The van der Waals surface area contributed by atoms with Gasteiger partial charge in [-0.1, -0.05) is 13.8 Å². The second kappa shape index (κ2) is 8.42. The van der Waals surface area contributed by atoms with Crippen LogP contribution >= 0.6 is 0 Å². The smallest absolute Gasteiger partial charge is 0.335 e. The molecule has 8 nitrogen and oxygen atoms in total. The summed E-state index contributed by atoms with van der Waals surface area (Å²) in [6.45, 7) is 4.04. The Balaban J connectivity index is 1.47. The summed E-state index contributed by atoms with van der Waals surface area (Å²) in [5.74, 6) is -1.92. The van der Waals surface area contributed by atoms with Crippen molar-refractivity contribution >= 4 is 5.97 Å². The van der Waals surface area contributed by atoms with Crippen LogP contribution in [0.2, 0.25) is 0 Å². The van der Waals surface area contributed by atoms with Gasteiger partial charge in [-0.15, -0.1) is 0 Å². The van der Waals surface area contributed by atoms with Crippen molar-refractivity contribution in [1.82, 2.24) is 0 Å². The lowest BCUT2D eigenvalue weighted by Crippen LogP contribution is -2.61. The summed E-state index contributed by atoms with van der Waals surface area (Å²) >= 11 is 0. The number of carbonyl (C=O) groups is 1. The average Bonchev–Trinajstić information content (AvgIpc) is 3.12. The molecule has 0 aromatic rings. The fourth-order valence-corrected chi connectivity index (χ4v) is 7.74. The molecule has 0 aromatic carbocycles. The van der Waals surface area contributed by atoms with Gasteiger partial charge in [-0.05, 0) is 92.2 Å². The van der Waals surface area contributed by atoms with Gasteiger partial charge in [0.25, 0.3) is 0 Å². The normalized spacial score (nSPS) is 64.0. The lowest BCUT2D eigenvalue weighted by Gasteiger charge is -2.61. The summed E-state index contributed by atoms with van der Waals surface area (Å²) in [6.07, 6.45) is -14.5. The van der Waals surface area contributed by atoms with Gasteiger partial charge in [-0.2, -0.15) is 0 Å². The van der Waals surface area contributed by atoms with Crippen LogP contribution in [0.25, 0.3) is 0 Å². The molecule has 5 rings (SSSR count). The molecule has 1 heterocycles. The van der Waals surface area contributed by atoms with Crippen molar-refractivity contribution in [3.8, 4) is 0 Å². The zero-order valence-corrected chi connectivity index (χ0v) is 19.2. The molecule has 0 radical (unpaired) electrons. The van der Waals surface area contributed by atoms with Crippen LogP contribution in [0.4, 0.5) is 0 Å². The summed E-state index contributed by atoms with van der Waals surface area (Å²) in [6, 6.07) is 0. The summed E-state index contributed by atoms with van der Waals surface area (Å²) < 4.78 is 55.9. The van der Waals surface area contributed by atoms with E-state index in [0.29, 0.717) is 12.8 Å². The first-order valence-electron chi connectivity index (χ1n) is 14.7. The van der Waals surface area contributed by atoms with Gasteiger partial charge in [0.2, 0.25) is 0 Å². The standard InChI is InChI=1S/C25H40O8/c1-24-9-7-13(32-23-20(29)18(27)19(28)21(33-23)22(30)31)11-12(24)3-4-14-15-5-6-17(26)25(15,2)10-8-16(14)24/h12-21,23,26-29H,3-11H2,1-2H3,(H,30,31)/t12-,13+,14-,15-,16-,17-,18-,19-,20+,21-,23+,24-,25-/m0/s1/i7D2,11D2,13D. The molecule has 188 valence electrons. The maximum Gasteiger partial charge on any atom is 0.335 e. The molecule has 1 aliphatic heterocycles. The molecule has 33 heavy (non-hydrogen) atoms. The van der Waals surface area contributed by atoms with Gasteiger partial charge in [-0.25, -0.2) is 4.79 Å². The van der Waals surface area contributed by atoms with Gasteiger partial charge in [0, 0.05) is 5.48 Å². The minimum Gasteiger partial charge on any atom is -0.479 e. The number of carboxylic acids is 1. The first-order valence-corrected chi connectivity index (χ1v) is 12.2. The molecule has 0 bridgehead atoms. The van der Waals surface area contributed by atoms with Gasteiger partial charge in [0.05, 0.1) is 13.6 Å². The molecule has 4 aliphatic carbocycles. The van der Waals surface area contributed by atoms with Crippen LogP contribution in [0.15, 0.2) is 0 Å². The first-order chi connectivity index (χ1) is 17.4. The fraction of sp³-hybridized carbons (Fsp3) is 0.960. The third kappa shape index (κ3) is 3.67. The van der Waals surface area contributed by atoms with Crippen LogP contribution in [0.5, 0.6) is 0 Å². The summed E-state index contributed by atoms with van der Waals surface area (Å²) in [4.78, 5) is 11.5. The number of aliphatic hydroxyl groups excluding tert-OH is 4. The monoisotopic (exact) mass is 473 g/mol. The summed E-state index contributed by atoms with van der Waals surface area (Å²) in [7, 11) is 0. The summed E-state index contributed by atoms with van der Waals surface area (Å²) in [5.41, 5.74) is -0.996. The van der Waals surface area contributed by atoms with Gasteiger partial charge in [0.15, 0.2) is 12.4 Å². The number of aliphatic hydroxyl groups is 4. The van der Waals surface area contributed by atoms with Gasteiger partial charge in [0.1, 0.15) is 18.3 Å². The van der Waals surface area contributed by atoms with Crippen LogP contribution < -0.4 is 0 Å². The van der Waals surface area contributed by atoms with E-state index in [2.05, 4.69) is 6.92 Å². The molecule has 0 spiro atoms. The molecule has 5 fully saturated rings. The molecule has 0 aromatic heterocycles. The number of hydrogen-bond donors (Lipinski definition) is 5. The Bertz CT molecular complexity index is 970. The Kier molecular flexibility index (Phi) is 4.72. The van der Waals surface area contributed by atoms with Gasteiger partial charge in [-0.3, -0.25) is 0 Å². The van der Waals surface area contributed by atoms with E-state index in [4.69, 9.17) is 16.3 Å². The highest BCUT2D eigenvalue weighted by molar-refractivity contribution is 5.73. The predicted octanol–water partition coefficient (Wildman–Crippen LogP) is 1.67. The highest BCUT2D eigenvalue weighted by Gasteiger charge is 2.60. The Morgan fingerprint density at radius 1 is 0.970 bits per heavy atom. The Morgan fingerprint density at radius 2 is 1.70 bits per heavy atom. The molecule has 5 N–H and O–H groups in total. The average molecular weight is 474 g/mol. The Hall–Kier alpha value is -0.770. The second-order valence-corrected chi connectivity index (χ2v) is 11.3. The van der Waals surface area contributed by atoms with E-state index in [0.717, 1.165) is 25.7 Å². The van der Waals surface area contributed by atoms with Crippen LogP contribution in [0, 0.1) is 34.5 Å². The van der Waals surface area contributed by atoms with Crippen molar-refractivity contribution in [3.63, 3.8) is 0 Å². The van der Waals surface area contributed by atoms with E-state index in [1.165, 1.54) is 0 Å². The van der Waals surface area contributed by atoms with Crippen molar-refractivity contribution in [2.75, 3.05) is 0 Å². The molecule has 0 unspecified atom stereocenters. The highest BCUT2D eigenvalue weighted by atomic mass is 16.7. The molecule has 8 heteroatoms. The SMILES string of the molecule is [2H]C1([2H])C[C@]2(C)[C@H]3CC[C@]4(C)[C@@H](O)CC[C@H]4[C@@H]3CC[C@H]2C([2H])([2H])[C@]1([2H])O[C@@H]1O[C@H](C(=O)O)[C@@H](O)[C@H](O)[C@H]1O. The number of carboxylic acid groups (broad SMARTS) is 1. The van der Waals surface area contributed by atoms with Crippen molar-refractivity contribution in [2.24, 2.45) is 34.5 Å². The quantitative estimate of drug-likeness (QED) is 0.391. The second-order valence-electron chi connectivity index (χ2n) is 11.3. The van der Waals surface area contributed by atoms with Crippen LogP contribution in [-0.4, -0.2) is 74.4 Å². The van der Waals surface area contributed by atoms with Gasteiger partial charge < -0.3 is 35.0 Å². The van der Waals surface area contributed by atoms with E-state index in [-0.39, 0.29) is 35.7 Å². The maximum atomic E-state index is 11.5.